The monoisotopic (exact) mass is 416 g/mol. The number of nitrogens with one attached hydrogen (secondary N) is 2. The Bertz CT molecular complexity index is 923. The zero-order valence-electron chi connectivity index (χ0n) is 17.1. The van der Waals surface area contributed by atoms with E-state index in [0.29, 0.717) is 18.7 Å². The largest absolute Gasteiger partial charge is 0.340 e. The molecule has 2 N–H and O–H groups in total. The number of carbonyl (C=O) groups excluding carboxylic acids is 1. The molecule has 2 aromatic carbocycles. The van der Waals surface area contributed by atoms with Crippen molar-refractivity contribution in [3.05, 3.63) is 65.7 Å². The molecule has 29 heavy (non-hydrogen) atoms. The molecule has 0 saturated carbocycles. The third kappa shape index (κ3) is 5.44. The van der Waals surface area contributed by atoms with Gasteiger partial charge in [-0.2, -0.15) is 4.31 Å². The number of likely N-dealkylation sites (N-methyl/N-ethyl adjacent to an activating group) is 1. The number of hydrogen-bond donors (Lipinski definition) is 2. The lowest BCUT2D eigenvalue weighted by atomic mass is 10.1. The molecule has 0 radical (unpaired) electrons. The molecule has 1 amide bonds. The normalized spacial score (nSPS) is 16.5. The Hall–Kier alpha value is -2.22. The molecular weight excluding hydrogens is 386 g/mol. The molecule has 1 aliphatic heterocycles. The Morgan fingerprint density at radius 2 is 1.72 bits per heavy atom. The van der Waals surface area contributed by atoms with Crippen molar-refractivity contribution in [1.82, 2.24) is 9.62 Å². The minimum absolute atomic E-state index is 0.156. The quantitative estimate of drug-likeness (QED) is 0.718. The van der Waals surface area contributed by atoms with Gasteiger partial charge in [-0.1, -0.05) is 42.8 Å². The molecule has 3 rings (SSSR count). The predicted molar refractivity (Wildman–Crippen MR) is 113 cm³/mol. The number of nitrogens with zero attached hydrogens (tertiary/aromatic N) is 1. The highest BCUT2D eigenvalue weighted by Gasteiger charge is 2.27. The second-order valence-corrected chi connectivity index (χ2v) is 9.78. The Labute approximate surface area is 173 Å². The summed E-state index contributed by atoms with van der Waals surface area (Å²) in [6.07, 6.45) is 2.82. The van der Waals surface area contributed by atoms with Gasteiger partial charge in [0.1, 0.15) is 12.6 Å². The molecule has 1 heterocycles. The van der Waals surface area contributed by atoms with Gasteiger partial charge < -0.3 is 10.2 Å². The third-order valence-electron chi connectivity index (χ3n) is 5.17. The van der Waals surface area contributed by atoms with Gasteiger partial charge in [0.2, 0.25) is 10.0 Å². The number of sulfonamides is 1. The predicted octanol–water partition coefficient (Wildman–Crippen LogP) is 1.48. The fourth-order valence-electron chi connectivity index (χ4n) is 3.64. The van der Waals surface area contributed by atoms with Crippen LogP contribution in [-0.4, -0.2) is 52.4 Å². The zero-order valence-corrected chi connectivity index (χ0v) is 17.9. The molecule has 6 nitrogen and oxygen atoms in total. The molecule has 156 valence electrons. The van der Waals surface area contributed by atoms with E-state index in [1.165, 1.54) is 15.3 Å². The fourth-order valence-corrected chi connectivity index (χ4v) is 5.20. The van der Waals surface area contributed by atoms with Crippen LogP contribution < -0.4 is 10.2 Å². The van der Waals surface area contributed by atoms with Gasteiger partial charge in [-0.05, 0) is 36.6 Å². The van der Waals surface area contributed by atoms with Crippen molar-refractivity contribution in [2.24, 2.45) is 0 Å². The van der Waals surface area contributed by atoms with Gasteiger partial charge in [-0.15, -0.1) is 0 Å². The Morgan fingerprint density at radius 3 is 2.38 bits per heavy atom. The van der Waals surface area contributed by atoms with Crippen LogP contribution in [0.3, 0.4) is 0 Å². The molecule has 0 aromatic heterocycles. The van der Waals surface area contributed by atoms with Crippen molar-refractivity contribution in [2.75, 3.05) is 33.7 Å². The van der Waals surface area contributed by atoms with Crippen LogP contribution in [0.4, 0.5) is 0 Å². The summed E-state index contributed by atoms with van der Waals surface area (Å²) in [4.78, 5) is 14.3. The summed E-state index contributed by atoms with van der Waals surface area (Å²) in [5.74, 6) is -0.268. The van der Waals surface area contributed by atoms with Gasteiger partial charge in [-0.25, -0.2) is 8.42 Å². The van der Waals surface area contributed by atoms with Gasteiger partial charge in [-0.3, -0.25) is 4.79 Å². The van der Waals surface area contributed by atoms with Gasteiger partial charge in [0.25, 0.3) is 5.91 Å². The smallest absolute Gasteiger partial charge is 0.252 e. The van der Waals surface area contributed by atoms with Crippen molar-refractivity contribution < 1.29 is 18.1 Å². The number of quaternary nitrogens is 1. The maximum atomic E-state index is 12.9. The maximum Gasteiger partial charge on any atom is 0.252 e. The first kappa shape index (κ1) is 21.5. The zero-order chi connectivity index (χ0) is 20.9. The molecule has 0 spiro atoms. The first-order valence-electron chi connectivity index (χ1n) is 10.1. The number of rotatable bonds is 7. The van der Waals surface area contributed by atoms with Crippen LogP contribution in [0.2, 0.25) is 0 Å². The minimum atomic E-state index is -3.57. The number of piperidine rings is 1. The van der Waals surface area contributed by atoms with E-state index in [1.807, 2.05) is 44.4 Å². The van der Waals surface area contributed by atoms with E-state index in [1.54, 1.807) is 18.2 Å². The summed E-state index contributed by atoms with van der Waals surface area (Å²) in [7, 11) is 0.503. The highest BCUT2D eigenvalue weighted by atomic mass is 32.2. The lowest BCUT2D eigenvalue weighted by Gasteiger charge is -2.26. The third-order valence-corrected chi connectivity index (χ3v) is 7.06. The van der Waals surface area contributed by atoms with Crippen LogP contribution in [0, 0.1) is 0 Å². The van der Waals surface area contributed by atoms with E-state index < -0.39 is 10.0 Å². The highest BCUT2D eigenvalue weighted by molar-refractivity contribution is 7.89. The van der Waals surface area contributed by atoms with Crippen LogP contribution >= 0.6 is 0 Å². The summed E-state index contributed by atoms with van der Waals surface area (Å²) >= 11 is 0. The molecule has 0 aliphatic carbocycles. The minimum Gasteiger partial charge on any atom is -0.340 e. The van der Waals surface area contributed by atoms with Crippen molar-refractivity contribution >= 4 is 15.9 Å². The van der Waals surface area contributed by atoms with Gasteiger partial charge in [0, 0.05) is 18.7 Å². The van der Waals surface area contributed by atoms with Gasteiger partial charge in [0.05, 0.1) is 19.0 Å². The lowest BCUT2D eigenvalue weighted by molar-refractivity contribution is -0.860. The van der Waals surface area contributed by atoms with Crippen molar-refractivity contribution in [3.63, 3.8) is 0 Å². The molecule has 1 aliphatic rings. The molecule has 1 saturated heterocycles. The summed E-state index contributed by atoms with van der Waals surface area (Å²) in [5, 5.41) is 3.07. The number of hydrogen-bond acceptors (Lipinski definition) is 3. The molecule has 0 unspecified atom stereocenters. The van der Waals surface area contributed by atoms with Crippen LogP contribution in [0.15, 0.2) is 59.5 Å². The lowest BCUT2D eigenvalue weighted by Crippen LogP contribution is -3.06. The molecular formula is C22H30N3O3S+. The van der Waals surface area contributed by atoms with E-state index in [-0.39, 0.29) is 16.8 Å². The summed E-state index contributed by atoms with van der Waals surface area (Å²) < 4.78 is 27.4. The maximum absolute atomic E-state index is 12.9. The Balaban J connectivity index is 1.81. The SMILES string of the molecule is C[NH+](C)C[C@H](NC(=O)c1cccc(S(=O)(=O)N2CCCCC2)c1)c1ccccc1. The van der Waals surface area contributed by atoms with Crippen LogP contribution in [-0.2, 0) is 10.0 Å². The number of benzene rings is 2. The first-order chi connectivity index (χ1) is 13.9. The highest BCUT2D eigenvalue weighted by Crippen LogP contribution is 2.21. The van der Waals surface area contributed by atoms with Crippen molar-refractivity contribution in [3.8, 4) is 0 Å². The van der Waals surface area contributed by atoms with E-state index in [9.17, 15) is 13.2 Å². The molecule has 7 heteroatoms. The summed E-state index contributed by atoms with van der Waals surface area (Å²) in [6.45, 7) is 1.81. The second-order valence-electron chi connectivity index (χ2n) is 7.84. The average Bonchev–Trinajstić information content (AvgIpc) is 2.74. The van der Waals surface area contributed by atoms with Crippen molar-refractivity contribution in [2.45, 2.75) is 30.2 Å². The van der Waals surface area contributed by atoms with Crippen LogP contribution in [0.25, 0.3) is 0 Å². The van der Waals surface area contributed by atoms with Crippen molar-refractivity contribution in [1.29, 1.82) is 0 Å². The number of amides is 1. The molecule has 2 aromatic rings. The summed E-state index contributed by atoms with van der Waals surface area (Å²) in [5.41, 5.74) is 1.39. The van der Waals surface area contributed by atoms with Gasteiger partial charge in [0.15, 0.2) is 0 Å². The molecule has 1 fully saturated rings. The van der Waals surface area contributed by atoms with E-state index in [0.717, 1.165) is 31.4 Å². The average molecular weight is 417 g/mol. The van der Waals surface area contributed by atoms with E-state index in [2.05, 4.69) is 5.32 Å². The Morgan fingerprint density at radius 1 is 1.03 bits per heavy atom. The summed E-state index contributed by atoms with van der Waals surface area (Å²) in [6, 6.07) is 16.0. The topological polar surface area (TPSA) is 70.9 Å². The first-order valence-corrected chi connectivity index (χ1v) is 11.6. The molecule has 1 atom stereocenters. The van der Waals surface area contributed by atoms with E-state index in [4.69, 9.17) is 0 Å². The number of carbonyl (C=O) groups is 1. The second kappa shape index (κ2) is 9.52. The Kier molecular flexibility index (Phi) is 7.05. The van der Waals surface area contributed by atoms with Crippen LogP contribution in [0.5, 0.6) is 0 Å². The van der Waals surface area contributed by atoms with E-state index >= 15 is 0 Å². The van der Waals surface area contributed by atoms with Gasteiger partial charge >= 0.3 is 0 Å². The van der Waals surface area contributed by atoms with Crippen LogP contribution in [0.1, 0.15) is 41.2 Å². The standard InChI is InChI=1S/C22H29N3O3S/c1-24(2)17-21(18-10-5-3-6-11-18)23-22(26)19-12-9-13-20(16-19)29(27,28)25-14-7-4-8-15-25/h3,5-6,9-13,16,21H,4,7-8,14-15,17H2,1-2H3,(H,23,26)/p+1/t21-/m0/s1. The fraction of sp³-hybridized carbons (Fsp3) is 0.409. The molecule has 0 bridgehead atoms.